The van der Waals surface area contributed by atoms with E-state index in [1.54, 1.807) is 0 Å². The third-order valence-corrected chi connectivity index (χ3v) is 3.94. The van der Waals surface area contributed by atoms with E-state index in [2.05, 4.69) is 15.0 Å². The SMILES string of the molecule is Nc1ncnc2c1ncn2[C@@H]1O[C@H](CO)[C@]2(O)OCO[C@]12O. The molecule has 118 valence electrons. The predicted molar refractivity (Wildman–Crippen MR) is 67.7 cm³/mol. The summed E-state index contributed by atoms with van der Waals surface area (Å²) in [5, 5.41) is 30.5. The number of aliphatic hydroxyl groups excluding tert-OH is 1. The fourth-order valence-corrected chi connectivity index (χ4v) is 2.79. The fraction of sp³-hybridized carbons (Fsp3) is 0.545. The van der Waals surface area contributed by atoms with E-state index in [0.717, 1.165) is 0 Å². The highest BCUT2D eigenvalue weighted by molar-refractivity contribution is 5.81. The first-order valence-electron chi connectivity index (χ1n) is 6.43. The number of anilines is 1. The summed E-state index contributed by atoms with van der Waals surface area (Å²) in [6, 6.07) is 0. The maximum atomic E-state index is 10.7. The minimum atomic E-state index is -2.23. The summed E-state index contributed by atoms with van der Waals surface area (Å²) >= 11 is 0. The lowest BCUT2D eigenvalue weighted by atomic mass is 10.0. The average molecular weight is 311 g/mol. The van der Waals surface area contributed by atoms with Crippen molar-refractivity contribution < 1.29 is 29.5 Å². The number of aromatic nitrogens is 4. The van der Waals surface area contributed by atoms with Crippen LogP contribution in [0.25, 0.3) is 11.2 Å². The lowest BCUT2D eigenvalue weighted by Crippen LogP contribution is -2.56. The quantitative estimate of drug-likeness (QED) is 0.474. The lowest BCUT2D eigenvalue weighted by Gasteiger charge is -2.30. The summed E-state index contributed by atoms with van der Waals surface area (Å²) in [7, 11) is 0. The third kappa shape index (κ3) is 1.47. The van der Waals surface area contributed by atoms with Crippen molar-refractivity contribution in [2.24, 2.45) is 0 Å². The van der Waals surface area contributed by atoms with Gasteiger partial charge in [-0.3, -0.25) is 4.57 Å². The Kier molecular flexibility index (Phi) is 2.70. The first-order chi connectivity index (χ1) is 10.5. The minimum absolute atomic E-state index is 0.159. The molecule has 0 amide bonds. The molecule has 0 saturated carbocycles. The molecule has 11 heteroatoms. The molecule has 0 aromatic carbocycles. The van der Waals surface area contributed by atoms with Crippen molar-refractivity contribution in [1.29, 1.82) is 0 Å². The van der Waals surface area contributed by atoms with Crippen molar-refractivity contribution in [3.05, 3.63) is 12.7 Å². The second-order valence-corrected chi connectivity index (χ2v) is 5.04. The standard InChI is InChI=1S/C11H13N5O6/c12-7-6-8(14-2-13-7)16(3-15-6)9-11(19)10(18,20-4-21-11)5(1-17)22-9/h2-3,5,9,17-19H,1,4H2,(H2,12,13,14)/t5-,9-,10+,11-/m1/s1. The number of nitrogen functional groups attached to an aromatic ring is 1. The molecule has 0 spiro atoms. The Balaban J connectivity index is 1.87. The van der Waals surface area contributed by atoms with Crippen molar-refractivity contribution >= 4 is 17.0 Å². The molecule has 22 heavy (non-hydrogen) atoms. The second-order valence-electron chi connectivity index (χ2n) is 5.04. The van der Waals surface area contributed by atoms with E-state index in [0.29, 0.717) is 5.52 Å². The number of fused-ring (bicyclic) bond motifs is 2. The molecule has 2 aromatic rings. The van der Waals surface area contributed by atoms with Crippen LogP contribution in [0, 0.1) is 0 Å². The van der Waals surface area contributed by atoms with Gasteiger partial charge in [-0.25, -0.2) is 15.0 Å². The van der Waals surface area contributed by atoms with E-state index in [1.165, 1.54) is 17.2 Å². The molecule has 0 aliphatic carbocycles. The monoisotopic (exact) mass is 311 g/mol. The van der Waals surface area contributed by atoms with Crippen LogP contribution in [0.1, 0.15) is 6.23 Å². The zero-order valence-electron chi connectivity index (χ0n) is 11.2. The van der Waals surface area contributed by atoms with E-state index in [1.807, 2.05) is 0 Å². The molecule has 5 N–H and O–H groups in total. The van der Waals surface area contributed by atoms with Crippen LogP contribution < -0.4 is 5.73 Å². The van der Waals surface area contributed by atoms with Gasteiger partial charge in [-0.05, 0) is 0 Å². The van der Waals surface area contributed by atoms with Gasteiger partial charge in [0.15, 0.2) is 24.5 Å². The number of hydrogen-bond acceptors (Lipinski definition) is 10. The van der Waals surface area contributed by atoms with E-state index in [-0.39, 0.29) is 18.3 Å². The molecule has 2 aliphatic heterocycles. The highest BCUT2D eigenvalue weighted by Crippen LogP contribution is 2.50. The zero-order valence-corrected chi connectivity index (χ0v) is 11.2. The Morgan fingerprint density at radius 2 is 2.05 bits per heavy atom. The van der Waals surface area contributed by atoms with Gasteiger partial charge in [0.25, 0.3) is 11.6 Å². The normalized spacial score (nSPS) is 37.8. The summed E-state index contributed by atoms with van der Waals surface area (Å²) in [6.07, 6.45) is 0.106. The highest BCUT2D eigenvalue weighted by Gasteiger charge is 2.72. The van der Waals surface area contributed by atoms with Crippen LogP contribution in [0.4, 0.5) is 5.82 Å². The number of nitrogens with two attached hydrogens (primary N) is 1. The van der Waals surface area contributed by atoms with Gasteiger partial charge in [-0.2, -0.15) is 0 Å². The highest BCUT2D eigenvalue weighted by atomic mass is 16.9. The summed E-state index contributed by atoms with van der Waals surface area (Å²) in [5.41, 5.74) is 6.30. The molecule has 2 fully saturated rings. The average Bonchev–Trinajstić information content (AvgIpc) is 3.09. The summed E-state index contributed by atoms with van der Waals surface area (Å²) in [5.74, 6) is -4.28. The Morgan fingerprint density at radius 1 is 1.27 bits per heavy atom. The van der Waals surface area contributed by atoms with Gasteiger partial charge in [0.1, 0.15) is 17.9 Å². The summed E-state index contributed by atoms with van der Waals surface area (Å²) in [6.45, 7) is -0.935. The van der Waals surface area contributed by atoms with Gasteiger partial charge in [-0.1, -0.05) is 0 Å². The van der Waals surface area contributed by atoms with Crippen LogP contribution in [-0.4, -0.2) is 65.9 Å². The first-order valence-corrected chi connectivity index (χ1v) is 6.43. The van der Waals surface area contributed by atoms with Crippen LogP contribution >= 0.6 is 0 Å². The molecule has 4 atom stereocenters. The van der Waals surface area contributed by atoms with E-state index < -0.39 is 30.5 Å². The number of imidazole rings is 1. The lowest BCUT2D eigenvalue weighted by molar-refractivity contribution is -0.293. The van der Waals surface area contributed by atoms with Gasteiger partial charge in [0.05, 0.1) is 12.9 Å². The van der Waals surface area contributed by atoms with Crippen LogP contribution in [0.3, 0.4) is 0 Å². The van der Waals surface area contributed by atoms with E-state index >= 15 is 0 Å². The third-order valence-electron chi connectivity index (χ3n) is 3.94. The Hall–Kier alpha value is -1.89. The van der Waals surface area contributed by atoms with Crippen LogP contribution in [0.15, 0.2) is 12.7 Å². The maximum absolute atomic E-state index is 10.7. The molecule has 4 rings (SSSR count). The Labute approximate surface area is 122 Å². The van der Waals surface area contributed by atoms with Crippen molar-refractivity contribution in [2.45, 2.75) is 23.9 Å². The zero-order chi connectivity index (χ0) is 15.5. The summed E-state index contributed by atoms with van der Waals surface area (Å²) < 4.78 is 17.0. The molecule has 4 heterocycles. The molecule has 2 aromatic heterocycles. The molecule has 11 nitrogen and oxygen atoms in total. The molecule has 0 unspecified atom stereocenters. The van der Waals surface area contributed by atoms with Crippen molar-refractivity contribution in [3.8, 4) is 0 Å². The van der Waals surface area contributed by atoms with Gasteiger partial charge in [-0.15, -0.1) is 0 Å². The minimum Gasteiger partial charge on any atom is -0.393 e. The summed E-state index contributed by atoms with van der Waals surface area (Å²) in [4.78, 5) is 11.9. The van der Waals surface area contributed by atoms with E-state index in [4.69, 9.17) is 19.9 Å². The number of rotatable bonds is 2. The molecular weight excluding hydrogens is 298 g/mol. The largest absolute Gasteiger partial charge is 0.393 e. The first kappa shape index (κ1) is 13.8. The number of ether oxygens (including phenoxy) is 3. The van der Waals surface area contributed by atoms with Gasteiger partial charge >= 0.3 is 0 Å². The molecule has 2 aliphatic rings. The Morgan fingerprint density at radius 3 is 2.82 bits per heavy atom. The second kappa shape index (κ2) is 4.32. The molecular formula is C11H13N5O6. The van der Waals surface area contributed by atoms with Gasteiger partial charge < -0.3 is 35.3 Å². The topological polar surface area (TPSA) is 158 Å². The number of aliphatic hydroxyl groups is 3. The van der Waals surface area contributed by atoms with Gasteiger partial charge in [0, 0.05) is 0 Å². The maximum Gasteiger partial charge on any atom is 0.273 e. The molecule has 0 radical (unpaired) electrons. The molecule has 0 bridgehead atoms. The van der Waals surface area contributed by atoms with Crippen molar-refractivity contribution in [3.63, 3.8) is 0 Å². The van der Waals surface area contributed by atoms with Crippen molar-refractivity contribution in [2.75, 3.05) is 19.1 Å². The Bertz CT molecular complexity index is 739. The smallest absolute Gasteiger partial charge is 0.273 e. The fourth-order valence-electron chi connectivity index (χ4n) is 2.79. The van der Waals surface area contributed by atoms with Crippen LogP contribution in [-0.2, 0) is 14.2 Å². The van der Waals surface area contributed by atoms with Crippen LogP contribution in [0.5, 0.6) is 0 Å². The molecule has 2 saturated heterocycles. The van der Waals surface area contributed by atoms with Crippen molar-refractivity contribution in [1.82, 2.24) is 19.5 Å². The predicted octanol–water partition coefficient (Wildman–Crippen LogP) is -2.32. The van der Waals surface area contributed by atoms with Crippen LogP contribution in [0.2, 0.25) is 0 Å². The number of hydrogen-bond donors (Lipinski definition) is 4. The van der Waals surface area contributed by atoms with Gasteiger partial charge in [0.2, 0.25) is 0 Å². The number of nitrogens with zero attached hydrogens (tertiary/aromatic N) is 4. The van der Waals surface area contributed by atoms with E-state index in [9.17, 15) is 15.3 Å².